The van der Waals surface area contributed by atoms with E-state index >= 15 is 0 Å². The van der Waals surface area contributed by atoms with Crippen LogP contribution in [0.5, 0.6) is 5.75 Å². The molecule has 0 radical (unpaired) electrons. The van der Waals surface area contributed by atoms with Gasteiger partial charge >= 0.3 is 0 Å². The first kappa shape index (κ1) is 49.5. The zero-order valence-electron chi connectivity index (χ0n) is 43.7. The van der Waals surface area contributed by atoms with Gasteiger partial charge in [0.05, 0.1) is 22.3 Å². The molecule has 1 N–H and O–H groups in total. The van der Waals surface area contributed by atoms with E-state index in [0.29, 0.717) is 11.4 Å². The fourth-order valence-corrected chi connectivity index (χ4v) is 10.5. The molecule has 11 aromatic rings. The Hall–Kier alpha value is -7.07. The Morgan fingerprint density at radius 3 is 1.92 bits per heavy atom. The van der Waals surface area contributed by atoms with Crippen molar-refractivity contribution in [1.82, 2.24) is 14.5 Å². The van der Waals surface area contributed by atoms with Crippen LogP contribution >= 0.6 is 0 Å². The van der Waals surface area contributed by atoms with Gasteiger partial charge in [-0.2, -0.15) is 0 Å². The average molecular weight is 1140 g/mol. The number of hydrogen-bond acceptors (Lipinski definition) is 4. The van der Waals surface area contributed by atoms with Crippen molar-refractivity contribution in [2.75, 3.05) is 0 Å². The largest absolute Gasteiger partial charge is 0.507 e. The maximum atomic E-state index is 12.7. The van der Waals surface area contributed by atoms with Gasteiger partial charge in [-0.3, -0.25) is 9.55 Å². The molecule has 0 bridgehead atoms. The Bertz CT molecular complexity index is 3900. The molecule has 3 heterocycles. The number of rotatable bonds is 7. The van der Waals surface area contributed by atoms with Crippen LogP contribution in [-0.4, -0.2) is 19.6 Å². The summed E-state index contributed by atoms with van der Waals surface area (Å²) in [6.07, 6.45) is 1.85. The van der Waals surface area contributed by atoms with Crippen LogP contribution in [0.3, 0.4) is 0 Å². The molecule has 5 nitrogen and oxygen atoms in total. The molecule has 73 heavy (non-hydrogen) atoms. The van der Waals surface area contributed by atoms with Crippen LogP contribution in [0.25, 0.3) is 94.3 Å². The van der Waals surface area contributed by atoms with Gasteiger partial charge in [-0.15, -0.1) is 29.3 Å². The Morgan fingerprint density at radius 1 is 0.534 bits per heavy atom. The molecule has 6 heteroatoms. The van der Waals surface area contributed by atoms with Crippen molar-refractivity contribution in [2.45, 2.75) is 97.8 Å². The van der Waals surface area contributed by atoms with Gasteiger partial charge in [-0.05, 0) is 74.2 Å². The van der Waals surface area contributed by atoms with Gasteiger partial charge in [0, 0.05) is 65.7 Å². The van der Waals surface area contributed by atoms with Crippen LogP contribution in [0.1, 0.15) is 104 Å². The van der Waals surface area contributed by atoms with E-state index in [-0.39, 0.29) is 43.1 Å². The van der Waals surface area contributed by atoms with E-state index in [1.165, 1.54) is 11.1 Å². The number of pyridine rings is 1. The monoisotopic (exact) mass is 1140 g/mol. The predicted molar refractivity (Wildman–Crippen MR) is 301 cm³/mol. The number of fused-ring (bicyclic) bond motifs is 6. The molecule has 0 saturated heterocycles. The third-order valence-corrected chi connectivity index (χ3v) is 14.8. The summed E-state index contributed by atoms with van der Waals surface area (Å²) in [7, 11) is 0. The van der Waals surface area contributed by atoms with E-state index in [1.54, 1.807) is 0 Å². The molecule has 0 spiro atoms. The molecular formula is C67H62N3O2Pt-. The van der Waals surface area contributed by atoms with Crippen LogP contribution in [-0.2, 0) is 42.7 Å². The van der Waals surface area contributed by atoms with Gasteiger partial charge in [-0.1, -0.05) is 209 Å². The van der Waals surface area contributed by atoms with Gasteiger partial charge in [0.15, 0.2) is 0 Å². The first-order valence-corrected chi connectivity index (χ1v) is 25.2. The maximum Gasteiger partial charge on any atom is 0.148 e. The number of furan rings is 1. The summed E-state index contributed by atoms with van der Waals surface area (Å²) in [6, 6.07) is 62.1. The van der Waals surface area contributed by atoms with Crippen molar-refractivity contribution in [3.05, 3.63) is 204 Å². The normalized spacial score (nSPS) is 12.5. The zero-order chi connectivity index (χ0) is 50.5. The van der Waals surface area contributed by atoms with Crippen molar-refractivity contribution in [3.63, 3.8) is 0 Å². The fourth-order valence-electron chi connectivity index (χ4n) is 10.5. The summed E-state index contributed by atoms with van der Waals surface area (Å²) in [5.41, 5.74) is 15.1. The number of aromatic hydroxyl groups is 1. The fraction of sp³-hybridized carbons (Fsp3) is 0.224. The van der Waals surface area contributed by atoms with E-state index in [2.05, 4.69) is 245 Å². The van der Waals surface area contributed by atoms with E-state index in [0.717, 1.165) is 99.6 Å². The molecule has 0 aliphatic heterocycles. The molecule has 8 aromatic carbocycles. The second kappa shape index (κ2) is 18.1. The molecule has 0 aliphatic carbocycles. The maximum absolute atomic E-state index is 12.7. The summed E-state index contributed by atoms with van der Waals surface area (Å²) in [4.78, 5) is 10.9. The van der Waals surface area contributed by atoms with Crippen LogP contribution < -0.4 is 0 Å². The summed E-state index contributed by atoms with van der Waals surface area (Å²) < 4.78 is 9.00. The third-order valence-electron chi connectivity index (χ3n) is 14.8. The Kier molecular flexibility index (Phi) is 12.3. The van der Waals surface area contributed by atoms with Gasteiger partial charge in [0.25, 0.3) is 0 Å². The minimum atomic E-state index is -0.414. The van der Waals surface area contributed by atoms with Crippen molar-refractivity contribution in [2.24, 2.45) is 0 Å². The first-order valence-electron chi connectivity index (χ1n) is 25.2. The molecule has 0 atom stereocenters. The predicted octanol–water partition coefficient (Wildman–Crippen LogP) is 17.9. The number of aromatic nitrogens is 3. The summed E-state index contributed by atoms with van der Waals surface area (Å²) in [5, 5.41) is 16.9. The molecule has 0 amide bonds. The minimum Gasteiger partial charge on any atom is -0.507 e. The van der Waals surface area contributed by atoms with Crippen LogP contribution in [0, 0.1) is 6.07 Å². The second-order valence-corrected chi connectivity index (χ2v) is 23.2. The van der Waals surface area contributed by atoms with E-state index in [1.807, 2.05) is 12.3 Å². The number of imidazole rings is 1. The molecular weight excluding hydrogens is 1070 g/mol. The van der Waals surface area contributed by atoms with Crippen LogP contribution in [0.2, 0.25) is 0 Å². The number of phenols is 1. The van der Waals surface area contributed by atoms with E-state index in [9.17, 15) is 5.11 Å². The number of para-hydroxylation sites is 1. The molecule has 3 aromatic heterocycles. The number of nitrogens with zero attached hydrogens (tertiary/aromatic N) is 3. The number of hydrogen-bond donors (Lipinski definition) is 1. The Balaban J connectivity index is 0.00000611. The molecule has 368 valence electrons. The van der Waals surface area contributed by atoms with E-state index in [4.69, 9.17) is 14.4 Å². The van der Waals surface area contributed by atoms with E-state index < -0.39 is 5.41 Å². The molecule has 0 aliphatic rings. The van der Waals surface area contributed by atoms with Gasteiger partial charge in [-0.25, -0.2) is 4.98 Å². The SMILES string of the molecule is CC(C)(C)c1ccc(-n2c(-c3cc(C(C)(C)C)cc(C(C)(C)C)c3O)nc3c(-c4[c-]c(-c5nccc6oc7c8ccccc8ccc7c56)cc(C(C)(C)c5ccccc5)c4)cccc32)c(-c2ccccc2)c1.[Pt]. The van der Waals surface area contributed by atoms with Gasteiger partial charge in [0.1, 0.15) is 22.7 Å². The topological polar surface area (TPSA) is 64.1 Å². The zero-order valence-corrected chi connectivity index (χ0v) is 46.0. The number of benzene rings is 8. The summed E-state index contributed by atoms with van der Waals surface area (Å²) >= 11 is 0. The summed E-state index contributed by atoms with van der Waals surface area (Å²) in [6.45, 7) is 24.6. The second-order valence-electron chi connectivity index (χ2n) is 23.2. The van der Waals surface area contributed by atoms with Gasteiger partial charge < -0.3 is 9.52 Å². The van der Waals surface area contributed by atoms with Crippen molar-refractivity contribution in [3.8, 4) is 56.3 Å². The molecule has 0 fully saturated rings. The molecule has 0 saturated carbocycles. The van der Waals surface area contributed by atoms with Crippen molar-refractivity contribution >= 4 is 43.7 Å². The van der Waals surface area contributed by atoms with Crippen molar-refractivity contribution in [1.29, 1.82) is 0 Å². The quantitative estimate of drug-likeness (QED) is 0.162. The first-order chi connectivity index (χ1) is 34.3. The standard InChI is InChI=1S/C67H62N3O2.Pt/c1-64(2,3)46-30-32-55(52(38-46)41-21-14-12-15-22-41)70-56-28-20-27-49(60(56)69-63(70)53-39-47(65(4,5)6)40-54(61(53)71)66(7,8)9)43-35-44(37-48(36-43)67(10,11)45-24-16-13-17-25-45)59-58-51-31-29-42-23-18-19-26-50(42)62(51)72-57(58)33-34-68-59;/h12-34,36-40,71H,1-11H3;/q-1;. The molecule has 0 unspecified atom stereocenters. The summed E-state index contributed by atoms with van der Waals surface area (Å²) in [5.74, 6) is 0.901. The molecule has 11 rings (SSSR count). The Morgan fingerprint density at radius 2 is 1.21 bits per heavy atom. The van der Waals surface area contributed by atoms with Crippen LogP contribution in [0.15, 0.2) is 174 Å². The Labute approximate surface area is 444 Å². The smallest absolute Gasteiger partial charge is 0.148 e. The third kappa shape index (κ3) is 8.70. The van der Waals surface area contributed by atoms with Gasteiger partial charge in [0.2, 0.25) is 0 Å². The van der Waals surface area contributed by atoms with Crippen molar-refractivity contribution < 1.29 is 30.6 Å². The number of phenolic OH excluding ortho intramolecular Hbond substituents is 1. The van der Waals surface area contributed by atoms with Crippen LogP contribution in [0.4, 0.5) is 0 Å². The minimum absolute atomic E-state index is 0. The average Bonchev–Trinajstić information content (AvgIpc) is 3.95.